The zero-order valence-electron chi connectivity index (χ0n) is 39.7. The van der Waals surface area contributed by atoms with E-state index < -0.39 is 29.5 Å². The van der Waals surface area contributed by atoms with Crippen LogP contribution in [0, 0.1) is 17.3 Å². The van der Waals surface area contributed by atoms with Gasteiger partial charge in [-0.2, -0.15) is 0 Å². The molecule has 0 aliphatic carbocycles. The molecule has 0 saturated carbocycles. The summed E-state index contributed by atoms with van der Waals surface area (Å²) >= 11 is 0. The molecular formula is C52H69N7O6. The summed E-state index contributed by atoms with van der Waals surface area (Å²) < 4.78 is 8.49. The minimum Gasteiger partial charge on any atom is -0.508 e. The van der Waals surface area contributed by atoms with Gasteiger partial charge in [0.2, 0.25) is 11.8 Å². The maximum absolute atomic E-state index is 14.7. The number of hydrogen-bond donors (Lipinski definition) is 3. The van der Waals surface area contributed by atoms with E-state index in [0.717, 1.165) is 58.4 Å². The molecule has 0 unspecified atom stereocenters. The fourth-order valence-corrected chi connectivity index (χ4v) is 10.3. The Labute approximate surface area is 384 Å². The van der Waals surface area contributed by atoms with E-state index in [-0.39, 0.29) is 48.3 Å². The summed E-state index contributed by atoms with van der Waals surface area (Å²) in [6.07, 6.45) is 3.94. The highest BCUT2D eigenvalue weighted by Crippen LogP contribution is 2.41. The summed E-state index contributed by atoms with van der Waals surface area (Å²) in [7, 11) is 6.05. The van der Waals surface area contributed by atoms with Crippen molar-refractivity contribution in [3.8, 4) is 28.1 Å². The Bertz CT molecular complexity index is 2400. The third-order valence-corrected chi connectivity index (χ3v) is 13.3. The molecule has 4 heterocycles. The predicted octanol–water partition coefficient (Wildman–Crippen LogP) is 6.40. The van der Waals surface area contributed by atoms with E-state index in [1.54, 1.807) is 17.0 Å². The standard InChI is InChI=1S/C52H69N7O6/c1-10-46(61)57-22-20-35(31-57)30-56(9)47(33(3)4)49(62)53-44-25-36-23-39(26-40(60)24-36)38-18-19-45-41(27-38)42(48(58(45)11-2)37-16-14-34(15-17-37)29-55(7)8)28-52(5,6)32-65-51(64)43-13-12-21-59(54-43)50(44)63/h10,14-19,23-24,26-27,33,35,43-44,47,54,60H,1,11-13,20-22,25,28-32H2,2-9H3,(H,53,62)/t35-,43+,44+,47+/m1/s1. The van der Waals surface area contributed by atoms with Gasteiger partial charge in [0.05, 0.1) is 18.3 Å². The van der Waals surface area contributed by atoms with Crippen molar-refractivity contribution in [1.82, 2.24) is 35.0 Å². The van der Waals surface area contributed by atoms with Gasteiger partial charge < -0.3 is 29.5 Å². The van der Waals surface area contributed by atoms with Crippen molar-refractivity contribution in [1.29, 1.82) is 0 Å². The third-order valence-electron chi connectivity index (χ3n) is 13.3. The molecule has 13 heteroatoms. The number of rotatable bonds is 11. The van der Waals surface area contributed by atoms with E-state index in [1.807, 2.05) is 31.9 Å². The molecule has 2 fully saturated rings. The Morgan fingerprint density at radius 1 is 1.00 bits per heavy atom. The topological polar surface area (TPSA) is 140 Å². The quantitative estimate of drug-likeness (QED) is 0.115. The molecule has 0 radical (unpaired) electrons. The fraction of sp³-hybridized carbons (Fsp3) is 0.500. The number of aromatic nitrogens is 1. The molecule has 13 nitrogen and oxygen atoms in total. The van der Waals surface area contributed by atoms with Gasteiger partial charge in [0.15, 0.2) is 0 Å². The highest BCUT2D eigenvalue weighted by molar-refractivity contribution is 5.95. The SMILES string of the molecule is C=CC(=O)N1CC[C@H](CN(C)[C@H](C(=O)N[C@H]2Cc3cc(O)cc(c3)-c3ccc4c(c3)c(c(-c3ccc(CN(C)C)cc3)n4CC)CC(C)(C)COC(=O)[C@@H]3CCCN(N3)C2=O)C(C)C)C1. The van der Waals surface area contributed by atoms with Gasteiger partial charge in [-0.15, -0.1) is 0 Å². The van der Waals surface area contributed by atoms with Crippen LogP contribution in [0.1, 0.15) is 70.6 Å². The Kier molecular flexibility index (Phi) is 14.6. The second-order valence-electron chi connectivity index (χ2n) is 19.9. The minimum absolute atomic E-state index is 0.0507. The van der Waals surface area contributed by atoms with E-state index in [0.29, 0.717) is 51.0 Å². The number of esters is 1. The highest BCUT2D eigenvalue weighted by atomic mass is 16.5. The van der Waals surface area contributed by atoms with Crippen LogP contribution in [0.15, 0.2) is 73.3 Å². The molecular weight excluding hydrogens is 819 g/mol. The average Bonchev–Trinajstić information content (AvgIpc) is 3.85. The number of likely N-dealkylation sites (tertiary alicyclic amines) is 1. The van der Waals surface area contributed by atoms with Gasteiger partial charge >= 0.3 is 5.97 Å². The van der Waals surface area contributed by atoms with E-state index in [1.165, 1.54) is 16.6 Å². The molecule has 4 atom stereocenters. The molecule has 1 aromatic heterocycles. The third kappa shape index (κ3) is 10.8. The molecule has 2 saturated heterocycles. The number of aryl methyl sites for hydroxylation is 1. The number of cyclic esters (lactones) is 1. The molecule has 3 aliphatic rings. The number of phenolic OH excluding ortho intramolecular Hbond substituents is 1. The minimum atomic E-state index is -1.03. The van der Waals surface area contributed by atoms with Gasteiger partial charge in [-0.1, -0.05) is 70.7 Å². The number of carbonyl (C=O) groups excluding carboxylic acids is 4. The molecule has 348 valence electrons. The van der Waals surface area contributed by atoms with Crippen LogP contribution in [0.4, 0.5) is 0 Å². The number of hydrogen-bond acceptors (Lipinski definition) is 9. The van der Waals surface area contributed by atoms with Gasteiger partial charge in [0.1, 0.15) is 17.8 Å². The normalized spacial score (nSPS) is 20.9. The molecule has 7 rings (SSSR count). The van der Waals surface area contributed by atoms with Crippen molar-refractivity contribution in [3.63, 3.8) is 0 Å². The number of likely N-dealkylation sites (N-methyl/N-ethyl adjacent to an activating group) is 1. The molecule has 0 spiro atoms. The van der Waals surface area contributed by atoms with Crippen molar-refractivity contribution in [2.45, 2.75) is 97.9 Å². The summed E-state index contributed by atoms with van der Waals surface area (Å²) in [5, 5.41) is 17.0. The lowest BCUT2D eigenvalue weighted by atomic mass is 9.84. The number of fused-ring (bicyclic) bond motifs is 6. The molecule has 6 bridgehead atoms. The summed E-state index contributed by atoms with van der Waals surface area (Å²) in [6, 6.07) is 18.2. The number of aromatic hydroxyl groups is 1. The molecule has 3 amide bonds. The summed E-state index contributed by atoms with van der Waals surface area (Å²) in [6.45, 7) is 17.9. The maximum atomic E-state index is 14.7. The van der Waals surface area contributed by atoms with Crippen LogP contribution in [-0.4, -0.2) is 125 Å². The number of benzene rings is 3. The van der Waals surface area contributed by atoms with Crippen LogP contribution in [0.25, 0.3) is 33.3 Å². The number of hydrazine groups is 1. The fourth-order valence-electron chi connectivity index (χ4n) is 10.3. The summed E-state index contributed by atoms with van der Waals surface area (Å²) in [5.41, 5.74) is 10.8. The van der Waals surface area contributed by atoms with Crippen LogP contribution < -0.4 is 10.7 Å². The highest BCUT2D eigenvalue weighted by Gasteiger charge is 2.38. The average molecular weight is 888 g/mol. The number of phenols is 1. The van der Waals surface area contributed by atoms with Gasteiger partial charge in [-0.05, 0) is 129 Å². The number of nitrogens with zero attached hydrogens (tertiary/aromatic N) is 5. The lowest BCUT2D eigenvalue weighted by molar-refractivity contribution is -0.155. The van der Waals surface area contributed by atoms with Gasteiger partial charge in [-0.3, -0.25) is 29.1 Å². The smallest absolute Gasteiger partial charge is 0.324 e. The first-order chi connectivity index (χ1) is 30.9. The molecule has 3 aromatic carbocycles. The summed E-state index contributed by atoms with van der Waals surface area (Å²) in [5.74, 6) is -1.06. The van der Waals surface area contributed by atoms with Crippen LogP contribution in [-0.2, 0) is 49.8 Å². The van der Waals surface area contributed by atoms with Crippen molar-refractivity contribution in [3.05, 3.63) is 90.0 Å². The van der Waals surface area contributed by atoms with Crippen LogP contribution in [0.5, 0.6) is 5.75 Å². The second kappa shape index (κ2) is 19.9. The van der Waals surface area contributed by atoms with Gasteiger partial charge in [0, 0.05) is 62.0 Å². The first kappa shape index (κ1) is 47.5. The van der Waals surface area contributed by atoms with Crippen molar-refractivity contribution in [2.24, 2.45) is 17.3 Å². The lowest BCUT2D eigenvalue weighted by Crippen LogP contribution is -2.62. The van der Waals surface area contributed by atoms with Crippen LogP contribution >= 0.6 is 0 Å². The number of carbonyl (C=O) groups is 4. The van der Waals surface area contributed by atoms with Crippen molar-refractivity contribution >= 4 is 34.6 Å². The van der Waals surface area contributed by atoms with E-state index in [9.17, 15) is 24.3 Å². The van der Waals surface area contributed by atoms with E-state index in [2.05, 4.69) is 104 Å². The Morgan fingerprint density at radius 3 is 2.43 bits per heavy atom. The molecule has 65 heavy (non-hydrogen) atoms. The second-order valence-corrected chi connectivity index (χ2v) is 19.9. The monoisotopic (exact) mass is 888 g/mol. The first-order valence-electron chi connectivity index (χ1n) is 23.3. The van der Waals surface area contributed by atoms with Gasteiger partial charge in [-0.25, -0.2) is 5.43 Å². The molecule has 3 N–H and O–H groups in total. The number of ether oxygens (including phenoxy) is 1. The first-order valence-corrected chi connectivity index (χ1v) is 23.3. The molecule has 3 aliphatic heterocycles. The Hall–Kier alpha value is -5.50. The Morgan fingerprint density at radius 2 is 1.74 bits per heavy atom. The van der Waals surface area contributed by atoms with E-state index >= 15 is 0 Å². The lowest BCUT2D eigenvalue weighted by Gasteiger charge is -2.37. The molecule has 4 aromatic rings. The Balaban J connectivity index is 1.28. The van der Waals surface area contributed by atoms with Crippen molar-refractivity contribution in [2.75, 3.05) is 53.9 Å². The van der Waals surface area contributed by atoms with E-state index in [4.69, 9.17) is 4.74 Å². The summed E-state index contributed by atoms with van der Waals surface area (Å²) in [4.78, 5) is 61.4. The number of amides is 3. The van der Waals surface area contributed by atoms with Crippen molar-refractivity contribution < 1.29 is 29.0 Å². The predicted molar refractivity (Wildman–Crippen MR) is 256 cm³/mol. The van der Waals surface area contributed by atoms with Crippen LogP contribution in [0.2, 0.25) is 0 Å². The zero-order chi connectivity index (χ0) is 46.7. The largest absolute Gasteiger partial charge is 0.508 e. The van der Waals surface area contributed by atoms with Crippen LogP contribution in [0.3, 0.4) is 0 Å². The maximum Gasteiger partial charge on any atom is 0.324 e. The van der Waals surface area contributed by atoms with Gasteiger partial charge in [0.25, 0.3) is 5.91 Å². The number of nitrogens with one attached hydrogen (secondary N) is 2. The zero-order valence-corrected chi connectivity index (χ0v) is 39.7.